The average Bonchev–Trinajstić information content (AvgIpc) is 2.83. The third-order valence-electron chi connectivity index (χ3n) is 2.79. The van der Waals surface area contributed by atoms with Crippen LogP contribution in [0.5, 0.6) is 0 Å². The second-order valence-corrected chi connectivity index (χ2v) is 4.29. The van der Waals surface area contributed by atoms with E-state index in [4.69, 9.17) is 9.47 Å². The van der Waals surface area contributed by atoms with Crippen LogP contribution in [0.25, 0.3) is 0 Å². The molecule has 1 unspecified atom stereocenters. The molecule has 1 aromatic rings. The van der Waals surface area contributed by atoms with Crippen molar-refractivity contribution in [3.63, 3.8) is 0 Å². The first-order valence-electron chi connectivity index (χ1n) is 6.23. The molecule has 0 aromatic carbocycles. The minimum Gasteiger partial charge on any atom is -0.381 e. The lowest BCUT2D eigenvalue weighted by molar-refractivity contribution is 0.0774. The molecule has 1 atom stereocenters. The summed E-state index contributed by atoms with van der Waals surface area (Å²) in [4.78, 5) is 4.46. The summed E-state index contributed by atoms with van der Waals surface area (Å²) in [6.45, 7) is 6.01. The van der Waals surface area contributed by atoms with E-state index in [-0.39, 0.29) is 0 Å². The van der Waals surface area contributed by atoms with E-state index in [0.717, 1.165) is 44.3 Å². The Hall–Kier alpha value is -1.13. The van der Waals surface area contributed by atoms with E-state index in [0.29, 0.717) is 12.5 Å². The summed E-state index contributed by atoms with van der Waals surface area (Å²) in [7, 11) is 0. The Morgan fingerprint density at radius 2 is 2.47 bits per heavy atom. The molecular formula is C13H20N2O2. The van der Waals surface area contributed by atoms with E-state index in [1.165, 1.54) is 0 Å². The topological polar surface area (TPSA) is 43.4 Å². The zero-order chi connectivity index (χ0) is 11.9. The highest BCUT2D eigenvalue weighted by atomic mass is 16.5. The highest BCUT2D eigenvalue weighted by Crippen LogP contribution is 2.13. The minimum absolute atomic E-state index is 0.562. The molecule has 4 nitrogen and oxygen atoms in total. The number of pyridine rings is 1. The molecule has 1 aliphatic rings. The maximum atomic E-state index is 5.67. The monoisotopic (exact) mass is 236 g/mol. The van der Waals surface area contributed by atoms with Crippen molar-refractivity contribution in [3.05, 3.63) is 23.9 Å². The summed E-state index contributed by atoms with van der Waals surface area (Å²) in [5, 5.41) is 3.19. The summed E-state index contributed by atoms with van der Waals surface area (Å²) in [6.07, 6.45) is 1.12. The third-order valence-corrected chi connectivity index (χ3v) is 2.79. The largest absolute Gasteiger partial charge is 0.381 e. The molecule has 2 heterocycles. The van der Waals surface area contributed by atoms with Crippen LogP contribution < -0.4 is 5.32 Å². The van der Waals surface area contributed by atoms with E-state index in [1.54, 1.807) is 0 Å². The highest BCUT2D eigenvalue weighted by Gasteiger charge is 2.15. The zero-order valence-electron chi connectivity index (χ0n) is 10.3. The van der Waals surface area contributed by atoms with E-state index in [1.807, 2.05) is 18.2 Å². The Balaban J connectivity index is 1.75. The number of rotatable bonds is 6. The predicted octanol–water partition coefficient (Wildman–Crippen LogP) is 2.07. The summed E-state index contributed by atoms with van der Waals surface area (Å²) in [5.41, 5.74) is 0.974. The van der Waals surface area contributed by atoms with Crippen molar-refractivity contribution in [2.24, 2.45) is 5.92 Å². The van der Waals surface area contributed by atoms with Crippen LogP contribution >= 0.6 is 0 Å². The van der Waals surface area contributed by atoms with Crippen LogP contribution in [0.1, 0.15) is 19.0 Å². The van der Waals surface area contributed by atoms with Crippen LogP contribution in [0, 0.1) is 5.92 Å². The molecule has 0 spiro atoms. The van der Waals surface area contributed by atoms with Gasteiger partial charge in [0.15, 0.2) is 0 Å². The fourth-order valence-corrected chi connectivity index (χ4v) is 1.88. The molecule has 0 aliphatic carbocycles. The van der Waals surface area contributed by atoms with Gasteiger partial charge >= 0.3 is 0 Å². The van der Waals surface area contributed by atoms with Crippen molar-refractivity contribution in [3.8, 4) is 0 Å². The number of nitrogens with zero attached hydrogens (tertiary/aromatic N) is 1. The Morgan fingerprint density at radius 3 is 3.24 bits per heavy atom. The van der Waals surface area contributed by atoms with E-state index in [9.17, 15) is 0 Å². The lowest BCUT2D eigenvalue weighted by Gasteiger charge is -2.09. The van der Waals surface area contributed by atoms with Crippen molar-refractivity contribution >= 4 is 5.82 Å². The number of hydrogen-bond acceptors (Lipinski definition) is 4. The van der Waals surface area contributed by atoms with Gasteiger partial charge in [-0.1, -0.05) is 6.07 Å². The SMILES string of the molecule is CCNc1cccc(COCC2CCOC2)n1. The fourth-order valence-electron chi connectivity index (χ4n) is 1.88. The van der Waals surface area contributed by atoms with Gasteiger partial charge in [-0.3, -0.25) is 0 Å². The summed E-state index contributed by atoms with van der Waals surface area (Å²) in [6, 6.07) is 5.96. The molecule has 1 saturated heterocycles. The Kier molecular flexibility index (Phi) is 4.76. The first kappa shape index (κ1) is 12.3. The van der Waals surface area contributed by atoms with Gasteiger partial charge < -0.3 is 14.8 Å². The molecule has 1 aliphatic heterocycles. The van der Waals surface area contributed by atoms with Crippen molar-refractivity contribution in [2.45, 2.75) is 20.0 Å². The summed E-state index contributed by atoms with van der Waals surface area (Å²) >= 11 is 0. The van der Waals surface area contributed by atoms with Crippen LogP contribution in [0.15, 0.2) is 18.2 Å². The number of nitrogens with one attached hydrogen (secondary N) is 1. The molecule has 2 rings (SSSR count). The van der Waals surface area contributed by atoms with Gasteiger partial charge in [-0.25, -0.2) is 4.98 Å². The molecule has 0 amide bonds. The van der Waals surface area contributed by atoms with Gasteiger partial charge in [-0.2, -0.15) is 0 Å². The van der Waals surface area contributed by atoms with E-state index >= 15 is 0 Å². The first-order valence-corrected chi connectivity index (χ1v) is 6.23. The van der Waals surface area contributed by atoms with Gasteiger partial charge in [-0.05, 0) is 25.5 Å². The molecule has 0 saturated carbocycles. The molecule has 0 radical (unpaired) electrons. The number of hydrogen-bond donors (Lipinski definition) is 1. The van der Waals surface area contributed by atoms with Crippen molar-refractivity contribution in [2.75, 3.05) is 31.7 Å². The minimum atomic E-state index is 0.562. The number of aromatic nitrogens is 1. The van der Waals surface area contributed by atoms with Crippen molar-refractivity contribution < 1.29 is 9.47 Å². The normalized spacial score (nSPS) is 19.5. The molecule has 17 heavy (non-hydrogen) atoms. The lowest BCUT2D eigenvalue weighted by Crippen LogP contribution is -2.10. The van der Waals surface area contributed by atoms with Crippen LogP contribution in [-0.2, 0) is 16.1 Å². The Labute approximate surface area is 102 Å². The molecular weight excluding hydrogens is 216 g/mol. The van der Waals surface area contributed by atoms with Gasteiger partial charge in [0.25, 0.3) is 0 Å². The summed E-state index contributed by atoms with van der Waals surface area (Å²) < 4.78 is 11.0. The zero-order valence-corrected chi connectivity index (χ0v) is 10.3. The highest BCUT2D eigenvalue weighted by molar-refractivity contribution is 5.34. The van der Waals surface area contributed by atoms with Gasteiger partial charge in [0.2, 0.25) is 0 Å². The lowest BCUT2D eigenvalue weighted by atomic mass is 10.1. The smallest absolute Gasteiger partial charge is 0.126 e. The molecule has 94 valence electrons. The second-order valence-electron chi connectivity index (χ2n) is 4.29. The van der Waals surface area contributed by atoms with Crippen LogP contribution in [0.3, 0.4) is 0 Å². The Morgan fingerprint density at radius 1 is 1.53 bits per heavy atom. The molecule has 0 bridgehead atoms. The van der Waals surface area contributed by atoms with Crippen LogP contribution in [-0.4, -0.2) is 31.3 Å². The second kappa shape index (κ2) is 6.57. The molecule has 1 fully saturated rings. The number of anilines is 1. The van der Waals surface area contributed by atoms with E-state index in [2.05, 4.69) is 17.2 Å². The number of ether oxygens (including phenoxy) is 2. The van der Waals surface area contributed by atoms with Gasteiger partial charge in [0.1, 0.15) is 5.82 Å². The standard InChI is InChI=1S/C13H20N2O2/c1-2-14-13-5-3-4-12(15-13)10-17-9-11-6-7-16-8-11/h3-5,11H,2,6-10H2,1H3,(H,14,15). The maximum Gasteiger partial charge on any atom is 0.126 e. The molecule has 1 N–H and O–H groups in total. The van der Waals surface area contributed by atoms with E-state index < -0.39 is 0 Å². The van der Waals surface area contributed by atoms with Crippen molar-refractivity contribution in [1.29, 1.82) is 0 Å². The first-order chi connectivity index (χ1) is 8.38. The summed E-state index contributed by atoms with van der Waals surface area (Å²) in [5.74, 6) is 1.48. The average molecular weight is 236 g/mol. The third kappa shape index (κ3) is 3.98. The maximum absolute atomic E-state index is 5.67. The van der Waals surface area contributed by atoms with Gasteiger partial charge in [0, 0.05) is 19.1 Å². The quantitative estimate of drug-likeness (QED) is 0.821. The predicted molar refractivity (Wildman–Crippen MR) is 67.0 cm³/mol. The van der Waals surface area contributed by atoms with Crippen LogP contribution in [0.4, 0.5) is 5.82 Å². The van der Waals surface area contributed by atoms with Gasteiger partial charge in [0.05, 0.1) is 25.5 Å². The molecule has 4 heteroatoms. The van der Waals surface area contributed by atoms with Gasteiger partial charge in [-0.15, -0.1) is 0 Å². The molecule has 1 aromatic heterocycles. The Bertz CT molecular complexity index is 338. The van der Waals surface area contributed by atoms with Crippen molar-refractivity contribution in [1.82, 2.24) is 4.98 Å². The fraction of sp³-hybridized carbons (Fsp3) is 0.615. The van der Waals surface area contributed by atoms with Crippen LogP contribution in [0.2, 0.25) is 0 Å².